The Balaban J connectivity index is 2.57. The summed E-state index contributed by atoms with van der Waals surface area (Å²) in [4.78, 5) is 27.8. The summed E-state index contributed by atoms with van der Waals surface area (Å²) in [5.74, 6) is -5.98. The largest absolute Gasteiger partial charge is 0.493 e. The van der Waals surface area contributed by atoms with Crippen LogP contribution in [0.25, 0.3) is 0 Å². The van der Waals surface area contributed by atoms with Crippen molar-refractivity contribution in [3.05, 3.63) is 48.8 Å². The number of fused-ring (bicyclic) bond motifs is 1. The Kier molecular flexibility index (Phi) is 6.40. The molecule has 1 saturated carbocycles. The van der Waals surface area contributed by atoms with Crippen LogP contribution >= 0.6 is 0 Å². The van der Waals surface area contributed by atoms with Crippen LogP contribution in [0.3, 0.4) is 0 Å². The zero-order valence-electron chi connectivity index (χ0n) is 19.6. The van der Waals surface area contributed by atoms with Crippen molar-refractivity contribution < 1.29 is 38.0 Å². The Bertz CT molecular complexity index is 878. The highest BCUT2D eigenvalue weighted by Gasteiger charge is 2.82. The monoisotopic (exact) mass is 448 g/mol. The number of allylic oxidation sites excluding steroid dienone is 2. The van der Waals surface area contributed by atoms with Gasteiger partial charge in [0.1, 0.15) is 0 Å². The molecule has 4 rings (SSSR count). The van der Waals surface area contributed by atoms with Crippen molar-refractivity contribution in [1.29, 1.82) is 0 Å². The van der Waals surface area contributed by atoms with Gasteiger partial charge in [0.25, 0.3) is 5.78 Å². The molecular formula is C24H32O8. The van der Waals surface area contributed by atoms with Crippen LogP contribution in [-0.2, 0) is 38.0 Å². The Morgan fingerprint density at radius 2 is 1.47 bits per heavy atom. The Hall–Kier alpha value is -2.10. The smallest absolute Gasteiger partial charge is 0.256 e. The van der Waals surface area contributed by atoms with E-state index >= 15 is 0 Å². The molecule has 4 atom stereocenters. The predicted molar refractivity (Wildman–Crippen MR) is 115 cm³/mol. The van der Waals surface area contributed by atoms with Gasteiger partial charge in [-0.1, -0.05) is 17.7 Å². The van der Waals surface area contributed by atoms with E-state index in [9.17, 15) is 9.59 Å². The van der Waals surface area contributed by atoms with Crippen LogP contribution in [0.2, 0.25) is 0 Å². The average molecular weight is 449 g/mol. The van der Waals surface area contributed by atoms with Gasteiger partial charge in [-0.15, -0.1) is 13.2 Å². The van der Waals surface area contributed by atoms with Crippen molar-refractivity contribution in [1.82, 2.24) is 0 Å². The molecule has 32 heavy (non-hydrogen) atoms. The first kappa shape index (κ1) is 24.5. The highest BCUT2D eigenvalue weighted by Crippen LogP contribution is 2.69. The second kappa shape index (κ2) is 8.35. The SMILES string of the molecule is C=CCC1=CC2(OC)C(=O)C(OC)(OC)C1C1C(OC)(OC)C(=O)C(OC)=CC12CC=C. The number of hydrogen-bond donors (Lipinski definition) is 0. The van der Waals surface area contributed by atoms with Crippen molar-refractivity contribution >= 4 is 11.6 Å². The van der Waals surface area contributed by atoms with E-state index in [1.165, 1.54) is 42.7 Å². The molecule has 1 fully saturated rings. The molecule has 0 aliphatic heterocycles. The Morgan fingerprint density at radius 1 is 0.875 bits per heavy atom. The molecule has 4 unspecified atom stereocenters. The van der Waals surface area contributed by atoms with Crippen LogP contribution < -0.4 is 0 Å². The second-order valence-corrected chi connectivity index (χ2v) is 8.16. The van der Waals surface area contributed by atoms with Gasteiger partial charge in [0, 0.05) is 46.9 Å². The summed E-state index contributed by atoms with van der Waals surface area (Å²) in [5.41, 5.74) is -1.95. The summed E-state index contributed by atoms with van der Waals surface area (Å²) in [5, 5.41) is 0. The van der Waals surface area contributed by atoms with Crippen molar-refractivity contribution in [3.63, 3.8) is 0 Å². The fourth-order valence-electron chi connectivity index (χ4n) is 6.20. The standard InChI is InChI=1S/C24H32O8/c1-9-11-15-13-22(28-4)20(26)23(29-5,30-6)17(15)18-21(22,12-10-2)14-16(27-3)19(25)24(18,31-7)32-8/h9-10,13-14,17-18H,1-2,11-12H2,3-8H3. The van der Waals surface area contributed by atoms with Gasteiger partial charge in [0.15, 0.2) is 11.4 Å². The zero-order chi connectivity index (χ0) is 23.9. The van der Waals surface area contributed by atoms with Gasteiger partial charge in [-0.25, -0.2) is 0 Å². The third kappa shape index (κ3) is 2.55. The van der Waals surface area contributed by atoms with Gasteiger partial charge < -0.3 is 28.4 Å². The molecule has 176 valence electrons. The first-order valence-corrected chi connectivity index (χ1v) is 10.3. The van der Waals surface area contributed by atoms with E-state index in [4.69, 9.17) is 28.4 Å². The normalized spacial score (nSPS) is 34.4. The molecule has 0 amide bonds. The summed E-state index contributed by atoms with van der Waals surface area (Å²) in [7, 11) is 8.41. The summed E-state index contributed by atoms with van der Waals surface area (Å²) in [6.07, 6.45) is 7.53. The van der Waals surface area contributed by atoms with Crippen LogP contribution in [0.1, 0.15) is 12.8 Å². The molecule has 0 saturated heterocycles. The molecule has 0 spiro atoms. The van der Waals surface area contributed by atoms with Crippen molar-refractivity contribution in [2.24, 2.45) is 17.3 Å². The molecule has 0 heterocycles. The molecule has 4 aliphatic rings. The van der Waals surface area contributed by atoms with Crippen molar-refractivity contribution in [2.75, 3.05) is 42.7 Å². The van der Waals surface area contributed by atoms with Gasteiger partial charge in [0.2, 0.25) is 17.4 Å². The number of Topliss-reactive ketones (excluding diaryl/α,β-unsaturated/α-hetero) is 2. The van der Waals surface area contributed by atoms with Crippen LogP contribution in [0.15, 0.2) is 48.8 Å². The topological polar surface area (TPSA) is 89.5 Å². The highest BCUT2D eigenvalue weighted by molar-refractivity contribution is 6.05. The number of carbonyl (C=O) groups is 2. The maximum Gasteiger partial charge on any atom is 0.256 e. The van der Waals surface area contributed by atoms with E-state index in [0.29, 0.717) is 6.42 Å². The molecule has 0 N–H and O–H groups in total. The molecule has 0 aromatic carbocycles. The lowest BCUT2D eigenvalue weighted by molar-refractivity contribution is -0.330. The van der Waals surface area contributed by atoms with Crippen LogP contribution in [-0.4, -0.2) is 71.4 Å². The maximum absolute atomic E-state index is 14.2. The third-order valence-electron chi connectivity index (χ3n) is 7.39. The van der Waals surface area contributed by atoms with Crippen LogP contribution in [0.4, 0.5) is 0 Å². The van der Waals surface area contributed by atoms with Gasteiger partial charge >= 0.3 is 0 Å². The minimum atomic E-state index is -1.80. The van der Waals surface area contributed by atoms with E-state index in [1.54, 1.807) is 24.3 Å². The molecule has 0 aromatic rings. The fraction of sp³-hybridized carbons (Fsp3) is 0.583. The van der Waals surface area contributed by atoms with E-state index in [0.717, 1.165) is 5.57 Å². The van der Waals surface area contributed by atoms with Gasteiger partial charge in [-0.05, 0) is 25.0 Å². The minimum absolute atomic E-state index is 0.0164. The lowest BCUT2D eigenvalue weighted by atomic mass is 9.41. The van der Waals surface area contributed by atoms with Crippen LogP contribution in [0.5, 0.6) is 0 Å². The van der Waals surface area contributed by atoms with Crippen LogP contribution in [0, 0.1) is 17.3 Å². The molecule has 4 aliphatic carbocycles. The number of ketones is 2. The van der Waals surface area contributed by atoms with E-state index < -0.39 is 46.0 Å². The van der Waals surface area contributed by atoms with Crippen molar-refractivity contribution in [3.8, 4) is 0 Å². The summed E-state index contributed by atoms with van der Waals surface area (Å²) in [6, 6.07) is 0. The maximum atomic E-state index is 14.2. The lowest BCUT2D eigenvalue weighted by Crippen LogP contribution is -2.81. The molecule has 0 radical (unpaired) electrons. The summed E-state index contributed by atoms with van der Waals surface area (Å²) >= 11 is 0. The summed E-state index contributed by atoms with van der Waals surface area (Å²) in [6.45, 7) is 7.77. The number of hydrogen-bond acceptors (Lipinski definition) is 8. The van der Waals surface area contributed by atoms with Crippen molar-refractivity contribution in [2.45, 2.75) is 30.0 Å². The molecule has 0 aromatic heterocycles. The number of methoxy groups -OCH3 is 6. The third-order valence-corrected chi connectivity index (χ3v) is 7.39. The first-order chi connectivity index (χ1) is 15.3. The second-order valence-electron chi connectivity index (χ2n) is 8.16. The number of rotatable bonds is 10. The predicted octanol–water partition coefficient (Wildman–Crippen LogP) is 2.36. The lowest BCUT2D eigenvalue weighted by Gasteiger charge is -2.67. The van der Waals surface area contributed by atoms with Gasteiger partial charge in [0.05, 0.1) is 13.0 Å². The fourth-order valence-corrected chi connectivity index (χ4v) is 6.20. The Morgan fingerprint density at radius 3 is 1.91 bits per heavy atom. The average Bonchev–Trinajstić information content (AvgIpc) is 2.81. The molecule has 8 nitrogen and oxygen atoms in total. The van der Waals surface area contributed by atoms with Gasteiger partial charge in [-0.2, -0.15) is 0 Å². The molecule has 8 heteroatoms. The molecular weight excluding hydrogens is 416 g/mol. The van der Waals surface area contributed by atoms with Gasteiger partial charge in [-0.3, -0.25) is 9.59 Å². The molecule has 2 bridgehead atoms. The van der Waals surface area contributed by atoms with E-state index in [1.807, 2.05) is 0 Å². The summed E-state index contributed by atoms with van der Waals surface area (Å²) < 4.78 is 34.8. The quantitative estimate of drug-likeness (QED) is 0.372. The van der Waals surface area contributed by atoms with E-state index in [2.05, 4.69) is 13.2 Å². The Labute approximate surface area is 188 Å². The highest BCUT2D eigenvalue weighted by atomic mass is 16.7. The zero-order valence-corrected chi connectivity index (χ0v) is 19.6. The number of ether oxygens (including phenoxy) is 6. The number of carbonyl (C=O) groups excluding carboxylic acids is 2. The minimum Gasteiger partial charge on any atom is -0.493 e. The van der Waals surface area contributed by atoms with E-state index in [-0.39, 0.29) is 12.2 Å². The first-order valence-electron chi connectivity index (χ1n) is 10.3.